The molecular formula is C7H4BrFN2OS. The molecule has 2 rings (SSSR count). The van der Waals surface area contributed by atoms with E-state index in [1.807, 2.05) is 0 Å². The molecule has 6 heteroatoms. The number of hydrogen-bond acceptors (Lipinski definition) is 4. The smallest absolute Gasteiger partial charge is 0.181 e. The zero-order valence-electron chi connectivity index (χ0n) is 6.21. The van der Waals surface area contributed by atoms with E-state index in [9.17, 15) is 9.50 Å². The molecule has 0 saturated carbocycles. The molecule has 3 nitrogen and oxygen atoms in total. The van der Waals surface area contributed by atoms with Crippen molar-refractivity contribution in [3.63, 3.8) is 0 Å². The van der Waals surface area contributed by atoms with Gasteiger partial charge < -0.3 is 9.83 Å². The average molecular weight is 263 g/mol. The van der Waals surface area contributed by atoms with E-state index in [4.69, 9.17) is 0 Å². The molecule has 68 valence electrons. The fraction of sp³-hybridized carbons (Fsp3) is 0. The summed E-state index contributed by atoms with van der Waals surface area (Å²) in [6.45, 7) is 0. The highest BCUT2D eigenvalue weighted by atomic mass is 79.9. The molecule has 1 aliphatic rings. The number of amidine groups is 1. The van der Waals surface area contributed by atoms with Crippen molar-refractivity contribution in [2.45, 2.75) is 4.90 Å². The fourth-order valence-electron chi connectivity index (χ4n) is 0.955. The van der Waals surface area contributed by atoms with Gasteiger partial charge in [-0.15, -0.1) is 0 Å². The third-order valence-electron chi connectivity index (χ3n) is 1.51. The van der Waals surface area contributed by atoms with Crippen LogP contribution in [-0.4, -0.2) is 9.85 Å². The van der Waals surface area contributed by atoms with E-state index in [-0.39, 0.29) is 11.4 Å². The first-order chi connectivity index (χ1) is 6.18. The molecule has 1 heterocycles. The SMILES string of the molecule is Oc1ccc(F)c2c1N=C(Br)NS2. The molecule has 0 aliphatic carbocycles. The highest BCUT2D eigenvalue weighted by Gasteiger charge is 2.18. The van der Waals surface area contributed by atoms with Gasteiger partial charge in [0, 0.05) is 0 Å². The van der Waals surface area contributed by atoms with Crippen LogP contribution in [0.1, 0.15) is 0 Å². The molecule has 0 fully saturated rings. The molecule has 1 aromatic rings. The highest BCUT2D eigenvalue weighted by Crippen LogP contribution is 2.40. The lowest BCUT2D eigenvalue weighted by Gasteiger charge is -2.14. The van der Waals surface area contributed by atoms with Gasteiger partial charge in [-0.3, -0.25) is 0 Å². The second-order valence-electron chi connectivity index (χ2n) is 2.35. The third kappa shape index (κ3) is 1.51. The molecular weight excluding hydrogens is 259 g/mol. The van der Waals surface area contributed by atoms with E-state index in [0.717, 1.165) is 11.9 Å². The number of benzene rings is 1. The molecule has 0 amide bonds. The molecule has 0 atom stereocenters. The molecule has 1 aliphatic heterocycles. The van der Waals surface area contributed by atoms with Crippen molar-refractivity contribution >= 4 is 38.3 Å². The topological polar surface area (TPSA) is 44.6 Å². The minimum Gasteiger partial charge on any atom is -0.506 e. The maximum absolute atomic E-state index is 13.1. The first-order valence-electron chi connectivity index (χ1n) is 3.37. The summed E-state index contributed by atoms with van der Waals surface area (Å²) >= 11 is 4.18. The zero-order chi connectivity index (χ0) is 9.42. The minimum absolute atomic E-state index is 0.0256. The Balaban J connectivity index is 2.65. The Labute approximate surface area is 86.3 Å². The van der Waals surface area contributed by atoms with Gasteiger partial charge >= 0.3 is 0 Å². The van der Waals surface area contributed by atoms with Crippen molar-refractivity contribution in [3.8, 4) is 5.75 Å². The van der Waals surface area contributed by atoms with Gasteiger partial charge in [-0.2, -0.15) is 0 Å². The van der Waals surface area contributed by atoms with Gasteiger partial charge in [0.15, 0.2) is 4.74 Å². The predicted octanol–water partition coefficient (Wildman–Crippen LogP) is 2.52. The standard InChI is InChI=1S/C7H4BrFN2OS/c8-7-10-5-4(12)2-1-3(9)6(5)13-11-7/h1-2,12H,(H,10,11). The molecule has 0 spiro atoms. The highest BCUT2D eigenvalue weighted by molar-refractivity contribution is 9.18. The predicted molar refractivity (Wildman–Crippen MR) is 53.1 cm³/mol. The second-order valence-corrected chi connectivity index (χ2v) is 3.92. The number of nitrogens with zero attached hydrogens (tertiary/aromatic N) is 1. The van der Waals surface area contributed by atoms with E-state index in [2.05, 4.69) is 25.6 Å². The number of phenols is 1. The fourth-order valence-corrected chi connectivity index (χ4v) is 2.02. The first kappa shape index (κ1) is 8.83. The third-order valence-corrected chi connectivity index (χ3v) is 3.04. The van der Waals surface area contributed by atoms with E-state index in [0.29, 0.717) is 9.64 Å². The number of phenolic OH excluding ortho intramolecular Hbond substituents is 1. The number of hydrogen-bond donors (Lipinski definition) is 2. The van der Waals surface area contributed by atoms with Crippen molar-refractivity contribution in [2.24, 2.45) is 4.99 Å². The number of aromatic hydroxyl groups is 1. The van der Waals surface area contributed by atoms with Crippen LogP contribution < -0.4 is 4.72 Å². The van der Waals surface area contributed by atoms with Crippen molar-refractivity contribution < 1.29 is 9.50 Å². The Hall–Kier alpha value is -0.750. The molecule has 0 aromatic heterocycles. The van der Waals surface area contributed by atoms with Crippen LogP contribution in [0.2, 0.25) is 0 Å². The number of rotatable bonds is 0. The largest absolute Gasteiger partial charge is 0.506 e. The average Bonchev–Trinajstić information content (AvgIpc) is 2.12. The van der Waals surface area contributed by atoms with Crippen LogP contribution in [0.25, 0.3) is 0 Å². The van der Waals surface area contributed by atoms with Crippen LogP contribution in [0.4, 0.5) is 10.1 Å². The lowest BCUT2D eigenvalue weighted by atomic mass is 10.3. The van der Waals surface area contributed by atoms with Crippen LogP contribution in [0, 0.1) is 5.82 Å². The zero-order valence-corrected chi connectivity index (χ0v) is 8.62. The lowest BCUT2D eigenvalue weighted by Crippen LogP contribution is -2.11. The summed E-state index contributed by atoms with van der Waals surface area (Å²) in [6.07, 6.45) is 0. The van der Waals surface area contributed by atoms with Gasteiger partial charge in [0.25, 0.3) is 0 Å². The van der Waals surface area contributed by atoms with Crippen molar-refractivity contribution in [3.05, 3.63) is 17.9 Å². The number of halogens is 2. The summed E-state index contributed by atoms with van der Waals surface area (Å²) in [5.74, 6) is -0.420. The second kappa shape index (κ2) is 3.19. The normalized spacial score (nSPS) is 14.5. The van der Waals surface area contributed by atoms with E-state index in [1.54, 1.807) is 0 Å². The molecule has 2 N–H and O–H groups in total. The van der Waals surface area contributed by atoms with Crippen LogP contribution in [0.3, 0.4) is 0 Å². The Morgan fingerprint density at radius 3 is 3.08 bits per heavy atom. The number of nitrogens with one attached hydrogen (secondary N) is 1. The van der Waals surface area contributed by atoms with Gasteiger partial charge in [0.2, 0.25) is 0 Å². The van der Waals surface area contributed by atoms with E-state index < -0.39 is 5.82 Å². The summed E-state index contributed by atoms with van der Waals surface area (Å²) < 4.78 is 16.3. The summed E-state index contributed by atoms with van der Waals surface area (Å²) in [6, 6.07) is 2.49. The van der Waals surface area contributed by atoms with Crippen LogP contribution in [0.5, 0.6) is 5.75 Å². The van der Waals surface area contributed by atoms with E-state index >= 15 is 0 Å². The molecule has 0 bridgehead atoms. The van der Waals surface area contributed by atoms with Gasteiger partial charge in [-0.25, -0.2) is 9.38 Å². The molecule has 13 heavy (non-hydrogen) atoms. The number of fused-ring (bicyclic) bond motifs is 1. The molecule has 0 unspecified atom stereocenters. The number of aliphatic imine (C=N–C) groups is 1. The van der Waals surface area contributed by atoms with Crippen molar-refractivity contribution in [1.82, 2.24) is 4.72 Å². The quantitative estimate of drug-likeness (QED) is 0.558. The maximum atomic E-state index is 13.1. The summed E-state index contributed by atoms with van der Waals surface area (Å²) in [5, 5.41) is 9.36. The first-order valence-corrected chi connectivity index (χ1v) is 4.98. The maximum Gasteiger partial charge on any atom is 0.181 e. The Morgan fingerprint density at radius 1 is 1.54 bits per heavy atom. The van der Waals surface area contributed by atoms with Gasteiger partial charge in [0.05, 0.1) is 4.90 Å². The van der Waals surface area contributed by atoms with Gasteiger partial charge in [-0.1, -0.05) is 0 Å². The molecule has 0 radical (unpaired) electrons. The minimum atomic E-state index is -0.394. The van der Waals surface area contributed by atoms with Gasteiger partial charge in [0.1, 0.15) is 17.3 Å². The van der Waals surface area contributed by atoms with Crippen molar-refractivity contribution in [2.75, 3.05) is 0 Å². The molecule has 0 saturated heterocycles. The summed E-state index contributed by atoms with van der Waals surface area (Å²) in [4.78, 5) is 4.23. The Morgan fingerprint density at radius 2 is 2.31 bits per heavy atom. The monoisotopic (exact) mass is 262 g/mol. The van der Waals surface area contributed by atoms with Crippen molar-refractivity contribution in [1.29, 1.82) is 0 Å². The lowest BCUT2D eigenvalue weighted by molar-refractivity contribution is 0.471. The molecule has 1 aromatic carbocycles. The van der Waals surface area contributed by atoms with Crippen LogP contribution >= 0.6 is 27.9 Å². The van der Waals surface area contributed by atoms with Gasteiger partial charge in [-0.05, 0) is 40.0 Å². The van der Waals surface area contributed by atoms with E-state index in [1.165, 1.54) is 12.1 Å². The Bertz CT molecular complexity index is 396. The Kier molecular flexibility index (Phi) is 2.17. The summed E-state index contributed by atoms with van der Waals surface area (Å²) in [7, 11) is 0. The van der Waals surface area contributed by atoms with Crippen LogP contribution in [-0.2, 0) is 0 Å². The summed E-state index contributed by atoms with van der Waals surface area (Å²) in [5.41, 5.74) is 0.260. The van der Waals surface area contributed by atoms with Crippen LogP contribution in [0.15, 0.2) is 22.0 Å².